The molecule has 4 amide bonds. The van der Waals surface area contributed by atoms with Crippen LogP contribution in [0.3, 0.4) is 0 Å². The van der Waals surface area contributed by atoms with Crippen molar-refractivity contribution in [2.45, 2.75) is 77.2 Å². The zero-order valence-electron chi connectivity index (χ0n) is 20.4. The molecule has 0 saturated carbocycles. The summed E-state index contributed by atoms with van der Waals surface area (Å²) in [7, 11) is 0. The van der Waals surface area contributed by atoms with E-state index in [9.17, 15) is 39.6 Å². The maximum atomic E-state index is 11.9. The number of carbonyl (C=O) groups is 4. The first-order valence-corrected chi connectivity index (χ1v) is 10.7. The molecule has 4 atom stereocenters. The van der Waals surface area contributed by atoms with Crippen LogP contribution in [0.4, 0.5) is 9.59 Å². The van der Waals surface area contributed by atoms with Crippen LogP contribution in [0.1, 0.15) is 41.5 Å². The molecule has 0 aromatic rings. The summed E-state index contributed by atoms with van der Waals surface area (Å²) >= 11 is 0. The highest BCUT2D eigenvalue weighted by molar-refractivity contribution is 5.83. The van der Waals surface area contributed by atoms with E-state index in [4.69, 9.17) is 9.47 Å². The summed E-state index contributed by atoms with van der Waals surface area (Å²) in [4.78, 5) is 46.8. The highest BCUT2D eigenvalue weighted by Gasteiger charge is 2.37. The van der Waals surface area contributed by atoms with Crippen molar-refractivity contribution >= 4 is 24.0 Å². The standard InChI is InChI=1S/C20H38N4O10/c1-19(2,3)33-17(31)23-9-7-21-15(29)13(27)11(25)12(26)14(28)16(30)22-8-10-24-18(32)34-20(4,5)6/h11-14,25-28H,7-10H2,1-6H3,(H,21,29)(H,22,30)(H,23,31)(H,24,32)/t11-,12+,13+,14-. The van der Waals surface area contributed by atoms with E-state index in [1.54, 1.807) is 41.5 Å². The summed E-state index contributed by atoms with van der Waals surface area (Å²) in [5.74, 6) is -2.21. The SMILES string of the molecule is CC(C)(C)OC(=O)NCCNC(=O)[C@@H](O)[C@H](O)[C@H](O)[C@@H](O)C(=O)NCCNC(=O)OC(C)(C)C. The molecule has 0 aliphatic carbocycles. The monoisotopic (exact) mass is 494 g/mol. The molecule has 34 heavy (non-hydrogen) atoms. The van der Waals surface area contributed by atoms with Gasteiger partial charge in [-0.2, -0.15) is 0 Å². The van der Waals surface area contributed by atoms with Crippen molar-refractivity contribution in [3.8, 4) is 0 Å². The van der Waals surface area contributed by atoms with Crippen molar-refractivity contribution in [3.05, 3.63) is 0 Å². The minimum absolute atomic E-state index is 0.0472. The third-order valence-corrected chi connectivity index (χ3v) is 3.72. The average molecular weight is 495 g/mol. The lowest BCUT2D eigenvalue weighted by Gasteiger charge is -2.25. The molecular formula is C20H38N4O10. The maximum absolute atomic E-state index is 11.9. The third-order valence-electron chi connectivity index (χ3n) is 3.72. The van der Waals surface area contributed by atoms with Crippen LogP contribution in [0.15, 0.2) is 0 Å². The van der Waals surface area contributed by atoms with Crippen molar-refractivity contribution in [2.75, 3.05) is 26.2 Å². The molecule has 0 radical (unpaired) electrons. The maximum Gasteiger partial charge on any atom is 0.407 e. The summed E-state index contributed by atoms with van der Waals surface area (Å²) in [5, 5.41) is 48.8. The van der Waals surface area contributed by atoms with Gasteiger partial charge in [0.15, 0.2) is 12.2 Å². The summed E-state index contributed by atoms with van der Waals surface area (Å²) in [6.45, 7) is 9.68. The molecule has 0 fully saturated rings. The lowest BCUT2D eigenvalue weighted by Crippen LogP contribution is -2.55. The molecule has 198 valence electrons. The number of ether oxygens (including phenoxy) is 2. The number of rotatable bonds is 11. The van der Waals surface area contributed by atoms with Gasteiger partial charge in [0.25, 0.3) is 11.8 Å². The van der Waals surface area contributed by atoms with Crippen LogP contribution in [0.5, 0.6) is 0 Å². The second kappa shape index (κ2) is 13.9. The summed E-state index contributed by atoms with van der Waals surface area (Å²) in [6.07, 6.45) is -10.2. The zero-order valence-corrected chi connectivity index (χ0v) is 20.4. The lowest BCUT2D eigenvalue weighted by atomic mass is 10.0. The van der Waals surface area contributed by atoms with Gasteiger partial charge < -0.3 is 51.2 Å². The number of carbonyl (C=O) groups excluding carboxylic acids is 4. The molecule has 0 bridgehead atoms. The van der Waals surface area contributed by atoms with Gasteiger partial charge in [0.2, 0.25) is 0 Å². The van der Waals surface area contributed by atoms with E-state index in [-0.39, 0.29) is 26.2 Å². The molecule has 14 nitrogen and oxygen atoms in total. The van der Waals surface area contributed by atoms with E-state index in [1.807, 2.05) is 0 Å². The fourth-order valence-corrected chi connectivity index (χ4v) is 2.22. The first-order chi connectivity index (χ1) is 15.4. The Kier molecular flexibility index (Phi) is 12.8. The molecule has 8 N–H and O–H groups in total. The van der Waals surface area contributed by atoms with E-state index in [0.717, 1.165) is 0 Å². The number of hydrogen-bond donors (Lipinski definition) is 8. The Balaban J connectivity index is 4.38. The molecule has 0 aromatic carbocycles. The molecule has 0 aliphatic rings. The number of aliphatic hydroxyl groups excluding tert-OH is 4. The van der Waals surface area contributed by atoms with Gasteiger partial charge in [-0.1, -0.05) is 0 Å². The topological polar surface area (TPSA) is 216 Å². The van der Waals surface area contributed by atoms with Crippen LogP contribution in [0, 0.1) is 0 Å². The number of nitrogens with one attached hydrogen (secondary N) is 4. The fourth-order valence-electron chi connectivity index (χ4n) is 2.22. The second-order valence-corrected chi connectivity index (χ2v) is 9.31. The Morgan fingerprint density at radius 3 is 1.12 bits per heavy atom. The molecule has 0 unspecified atom stereocenters. The number of amides is 4. The first-order valence-electron chi connectivity index (χ1n) is 10.7. The molecule has 0 spiro atoms. The van der Waals surface area contributed by atoms with Crippen molar-refractivity contribution in [1.82, 2.24) is 21.3 Å². The summed E-state index contributed by atoms with van der Waals surface area (Å²) in [5.41, 5.74) is -1.41. The van der Waals surface area contributed by atoms with Crippen LogP contribution < -0.4 is 21.3 Å². The Labute approximate surface area is 198 Å². The highest BCUT2D eigenvalue weighted by atomic mass is 16.6. The molecule has 0 saturated heterocycles. The fraction of sp³-hybridized carbons (Fsp3) is 0.800. The van der Waals surface area contributed by atoms with E-state index in [1.165, 1.54) is 0 Å². The van der Waals surface area contributed by atoms with Gasteiger partial charge >= 0.3 is 12.2 Å². The van der Waals surface area contributed by atoms with Crippen molar-refractivity contribution in [3.63, 3.8) is 0 Å². The second-order valence-electron chi connectivity index (χ2n) is 9.31. The minimum atomic E-state index is -2.19. The van der Waals surface area contributed by atoms with Crippen LogP contribution in [0.2, 0.25) is 0 Å². The normalized spacial score (nSPS) is 15.2. The lowest BCUT2D eigenvalue weighted by molar-refractivity contribution is -0.155. The summed E-state index contributed by atoms with van der Waals surface area (Å²) in [6, 6.07) is 0. The minimum Gasteiger partial charge on any atom is -0.444 e. The molecule has 0 aromatic heterocycles. The number of aliphatic hydroxyl groups is 4. The molecule has 14 heteroatoms. The Bertz CT molecular complexity index is 632. The van der Waals surface area contributed by atoms with E-state index >= 15 is 0 Å². The van der Waals surface area contributed by atoms with Gasteiger partial charge in [0.05, 0.1) is 0 Å². The molecule has 0 aliphatic heterocycles. The van der Waals surface area contributed by atoms with Crippen LogP contribution >= 0.6 is 0 Å². The zero-order chi connectivity index (χ0) is 26.7. The van der Waals surface area contributed by atoms with Crippen molar-refractivity contribution in [1.29, 1.82) is 0 Å². The predicted octanol–water partition coefficient (Wildman–Crippen LogP) is -2.29. The molecule has 0 heterocycles. The quantitative estimate of drug-likeness (QED) is 0.144. The van der Waals surface area contributed by atoms with Crippen molar-refractivity contribution in [2.24, 2.45) is 0 Å². The average Bonchev–Trinajstić information content (AvgIpc) is 2.69. The van der Waals surface area contributed by atoms with Crippen LogP contribution in [-0.4, -0.2) is 106 Å². The molecular weight excluding hydrogens is 456 g/mol. The van der Waals surface area contributed by atoms with E-state index in [0.29, 0.717) is 0 Å². The third kappa shape index (κ3) is 13.8. The largest absolute Gasteiger partial charge is 0.444 e. The number of alkyl carbamates (subject to hydrolysis) is 2. The summed E-state index contributed by atoms with van der Waals surface area (Å²) < 4.78 is 10.00. The highest BCUT2D eigenvalue weighted by Crippen LogP contribution is 2.08. The van der Waals surface area contributed by atoms with Crippen molar-refractivity contribution < 1.29 is 49.1 Å². The Morgan fingerprint density at radius 2 is 0.853 bits per heavy atom. The van der Waals surface area contributed by atoms with Crippen LogP contribution in [0.25, 0.3) is 0 Å². The van der Waals surface area contributed by atoms with E-state index < -0.39 is 59.6 Å². The van der Waals surface area contributed by atoms with Gasteiger partial charge in [0.1, 0.15) is 23.4 Å². The van der Waals surface area contributed by atoms with E-state index in [2.05, 4.69) is 21.3 Å². The Morgan fingerprint density at radius 1 is 0.588 bits per heavy atom. The number of hydrogen-bond acceptors (Lipinski definition) is 10. The van der Waals surface area contributed by atoms with Gasteiger partial charge in [0, 0.05) is 26.2 Å². The van der Waals surface area contributed by atoms with Gasteiger partial charge in [-0.3, -0.25) is 9.59 Å². The Hall–Kier alpha value is -2.68. The smallest absolute Gasteiger partial charge is 0.407 e. The molecule has 0 rings (SSSR count). The first kappa shape index (κ1) is 31.3. The van der Waals surface area contributed by atoms with Gasteiger partial charge in [-0.05, 0) is 41.5 Å². The van der Waals surface area contributed by atoms with Gasteiger partial charge in [-0.25, -0.2) is 9.59 Å². The van der Waals surface area contributed by atoms with Crippen LogP contribution in [-0.2, 0) is 19.1 Å². The predicted molar refractivity (Wildman–Crippen MR) is 119 cm³/mol. The van der Waals surface area contributed by atoms with Gasteiger partial charge in [-0.15, -0.1) is 0 Å².